The molecule has 0 aromatic heterocycles. The van der Waals surface area contributed by atoms with E-state index in [2.05, 4.69) is 41.5 Å². The zero-order valence-corrected chi connectivity index (χ0v) is 7.66. The van der Waals surface area contributed by atoms with E-state index in [4.69, 9.17) is 0 Å². The predicted octanol–water partition coefficient (Wildman–Crippen LogP) is 2.30. The molecule has 1 aromatic rings. The van der Waals surface area contributed by atoms with Crippen LogP contribution in [0.4, 0.5) is 0 Å². The molecule has 0 atom stereocenters. The molecule has 1 heteroatoms. The van der Waals surface area contributed by atoms with Crippen LogP contribution in [0.1, 0.15) is 11.1 Å². The molecule has 1 heterocycles. The van der Waals surface area contributed by atoms with Crippen molar-refractivity contribution in [3.8, 4) is 0 Å². The summed E-state index contributed by atoms with van der Waals surface area (Å²) < 4.78 is 0. The van der Waals surface area contributed by atoms with Gasteiger partial charge in [-0.1, -0.05) is 30.8 Å². The summed E-state index contributed by atoms with van der Waals surface area (Å²) in [6.45, 7) is 7.16. The maximum absolute atomic E-state index is 3.55. The summed E-state index contributed by atoms with van der Waals surface area (Å²) in [6, 6.07) is 8.55. The number of hydrogen-bond donors (Lipinski definition) is 0. The standard InChI is InChI=1S/C12H13N/c1-2-3-11-4-6-12(7-5-11)10-13-8-9-13/h3-7H,1,8-10H2. The molecule has 0 unspecified atom stereocenters. The van der Waals surface area contributed by atoms with Gasteiger partial charge in [0.2, 0.25) is 0 Å². The van der Waals surface area contributed by atoms with Crippen molar-refractivity contribution in [3.63, 3.8) is 0 Å². The second-order valence-electron chi connectivity index (χ2n) is 3.37. The largest absolute Gasteiger partial charge is 0.297 e. The molecule has 66 valence electrons. The van der Waals surface area contributed by atoms with Gasteiger partial charge in [-0.15, -0.1) is 5.73 Å². The first-order valence-corrected chi connectivity index (χ1v) is 4.55. The minimum atomic E-state index is 1.10. The highest BCUT2D eigenvalue weighted by Gasteiger charge is 2.16. The fraction of sp³-hybridized carbons (Fsp3) is 0.250. The highest BCUT2D eigenvalue weighted by atomic mass is 15.2. The quantitative estimate of drug-likeness (QED) is 0.498. The minimum absolute atomic E-state index is 1.10. The number of benzene rings is 1. The van der Waals surface area contributed by atoms with Crippen molar-refractivity contribution in [2.24, 2.45) is 0 Å². The fourth-order valence-corrected chi connectivity index (χ4v) is 1.32. The van der Waals surface area contributed by atoms with E-state index in [9.17, 15) is 0 Å². The van der Waals surface area contributed by atoms with Crippen LogP contribution in [-0.2, 0) is 6.54 Å². The summed E-state index contributed by atoms with van der Waals surface area (Å²) in [7, 11) is 0. The van der Waals surface area contributed by atoms with Crippen molar-refractivity contribution in [1.82, 2.24) is 4.90 Å². The van der Waals surface area contributed by atoms with Gasteiger partial charge in [0.15, 0.2) is 0 Å². The molecule has 1 aliphatic heterocycles. The summed E-state index contributed by atoms with van der Waals surface area (Å²) in [5.74, 6) is 0. The molecule has 1 fully saturated rings. The fourth-order valence-electron chi connectivity index (χ4n) is 1.32. The summed E-state index contributed by atoms with van der Waals surface area (Å²) >= 11 is 0. The van der Waals surface area contributed by atoms with Gasteiger partial charge in [0.05, 0.1) is 0 Å². The first kappa shape index (κ1) is 8.31. The van der Waals surface area contributed by atoms with Crippen molar-refractivity contribution >= 4 is 6.08 Å². The molecule has 1 saturated heterocycles. The predicted molar refractivity (Wildman–Crippen MR) is 55.3 cm³/mol. The van der Waals surface area contributed by atoms with Gasteiger partial charge in [-0.3, -0.25) is 4.90 Å². The van der Waals surface area contributed by atoms with Crippen LogP contribution in [0.3, 0.4) is 0 Å². The van der Waals surface area contributed by atoms with Gasteiger partial charge in [0.1, 0.15) is 0 Å². The minimum Gasteiger partial charge on any atom is -0.297 e. The molecule has 0 bridgehead atoms. The third-order valence-electron chi connectivity index (χ3n) is 2.19. The highest BCUT2D eigenvalue weighted by molar-refractivity contribution is 5.48. The molecule has 0 N–H and O–H groups in total. The summed E-state index contributed by atoms with van der Waals surface area (Å²) in [6.07, 6.45) is 1.89. The monoisotopic (exact) mass is 171 g/mol. The Morgan fingerprint density at radius 2 is 2.00 bits per heavy atom. The Labute approximate surface area is 79.0 Å². The van der Waals surface area contributed by atoms with Gasteiger partial charge >= 0.3 is 0 Å². The maximum Gasteiger partial charge on any atom is 0.0234 e. The molecule has 0 aliphatic carbocycles. The highest BCUT2D eigenvalue weighted by Crippen LogP contribution is 2.12. The molecule has 1 aliphatic rings. The smallest absolute Gasteiger partial charge is 0.0234 e. The summed E-state index contributed by atoms with van der Waals surface area (Å²) in [4.78, 5) is 2.40. The van der Waals surface area contributed by atoms with Gasteiger partial charge in [-0.25, -0.2) is 0 Å². The lowest BCUT2D eigenvalue weighted by Crippen LogP contribution is -1.95. The summed E-state index contributed by atoms with van der Waals surface area (Å²) in [5.41, 5.74) is 5.33. The molecule has 0 radical (unpaired) electrons. The SMILES string of the molecule is C=C=Cc1ccc(CN2CC2)cc1. The van der Waals surface area contributed by atoms with Gasteiger partial charge in [-0.2, -0.15) is 0 Å². The van der Waals surface area contributed by atoms with E-state index in [-0.39, 0.29) is 0 Å². The Kier molecular flexibility index (Phi) is 2.31. The third kappa shape index (κ3) is 2.32. The molecular weight excluding hydrogens is 158 g/mol. The topological polar surface area (TPSA) is 3.01 Å². The van der Waals surface area contributed by atoms with E-state index in [0.29, 0.717) is 0 Å². The zero-order chi connectivity index (χ0) is 9.10. The Balaban J connectivity index is 2.07. The van der Waals surface area contributed by atoms with Gasteiger partial charge < -0.3 is 0 Å². The molecule has 0 spiro atoms. The van der Waals surface area contributed by atoms with Crippen molar-refractivity contribution < 1.29 is 0 Å². The Morgan fingerprint density at radius 1 is 1.31 bits per heavy atom. The Morgan fingerprint density at radius 3 is 2.54 bits per heavy atom. The van der Waals surface area contributed by atoms with Crippen molar-refractivity contribution in [3.05, 3.63) is 47.7 Å². The van der Waals surface area contributed by atoms with Crippen LogP contribution in [0.15, 0.2) is 36.6 Å². The first-order chi connectivity index (χ1) is 6.38. The number of rotatable bonds is 3. The molecule has 0 amide bonds. The van der Waals surface area contributed by atoms with Crippen LogP contribution in [-0.4, -0.2) is 18.0 Å². The molecule has 13 heavy (non-hydrogen) atoms. The Hall–Kier alpha value is -1.30. The van der Waals surface area contributed by atoms with Crippen molar-refractivity contribution in [2.75, 3.05) is 13.1 Å². The van der Waals surface area contributed by atoms with Crippen LogP contribution < -0.4 is 0 Å². The van der Waals surface area contributed by atoms with Gasteiger partial charge in [-0.05, 0) is 17.2 Å². The van der Waals surface area contributed by atoms with Crippen LogP contribution in [0.5, 0.6) is 0 Å². The van der Waals surface area contributed by atoms with Gasteiger partial charge in [0, 0.05) is 19.6 Å². The van der Waals surface area contributed by atoms with E-state index in [1.807, 2.05) is 6.08 Å². The molecule has 2 rings (SSSR count). The molecular formula is C12H13N. The van der Waals surface area contributed by atoms with Gasteiger partial charge in [0.25, 0.3) is 0 Å². The third-order valence-corrected chi connectivity index (χ3v) is 2.19. The molecule has 1 aromatic carbocycles. The lowest BCUT2D eigenvalue weighted by Gasteiger charge is -2.01. The van der Waals surface area contributed by atoms with Crippen LogP contribution in [0.25, 0.3) is 6.08 Å². The first-order valence-electron chi connectivity index (χ1n) is 4.55. The van der Waals surface area contributed by atoms with Crippen molar-refractivity contribution in [2.45, 2.75) is 6.54 Å². The second kappa shape index (κ2) is 3.61. The van der Waals surface area contributed by atoms with E-state index >= 15 is 0 Å². The van der Waals surface area contributed by atoms with E-state index in [1.54, 1.807) is 0 Å². The average molecular weight is 171 g/mol. The number of nitrogens with zero attached hydrogens (tertiary/aromatic N) is 1. The Bertz CT molecular complexity index is 327. The van der Waals surface area contributed by atoms with E-state index in [0.717, 1.165) is 6.54 Å². The zero-order valence-electron chi connectivity index (χ0n) is 7.66. The normalized spacial score (nSPS) is 15.1. The number of hydrogen-bond acceptors (Lipinski definition) is 1. The van der Waals surface area contributed by atoms with E-state index in [1.165, 1.54) is 24.2 Å². The molecule has 1 nitrogen and oxygen atoms in total. The van der Waals surface area contributed by atoms with Crippen LogP contribution in [0.2, 0.25) is 0 Å². The lowest BCUT2D eigenvalue weighted by atomic mass is 10.1. The maximum atomic E-state index is 3.55. The van der Waals surface area contributed by atoms with Crippen LogP contribution >= 0.6 is 0 Å². The summed E-state index contributed by atoms with van der Waals surface area (Å²) in [5, 5.41) is 0. The van der Waals surface area contributed by atoms with E-state index < -0.39 is 0 Å². The average Bonchev–Trinajstić information content (AvgIpc) is 2.93. The molecule has 0 saturated carbocycles. The van der Waals surface area contributed by atoms with Crippen LogP contribution in [0, 0.1) is 0 Å². The lowest BCUT2D eigenvalue weighted by molar-refractivity contribution is 0.556. The van der Waals surface area contributed by atoms with Crippen molar-refractivity contribution in [1.29, 1.82) is 0 Å². The second-order valence-corrected chi connectivity index (χ2v) is 3.37.